The second-order valence-electron chi connectivity index (χ2n) is 2.60. The van der Waals surface area contributed by atoms with Crippen LogP contribution in [0.4, 0.5) is 0 Å². The molecule has 1 rings (SSSR count). The van der Waals surface area contributed by atoms with E-state index in [1.165, 1.54) is 17.6 Å². The molecule has 0 bridgehead atoms. The number of sulfone groups is 1. The van der Waals surface area contributed by atoms with Gasteiger partial charge in [0.2, 0.25) is 0 Å². The molecule has 0 saturated heterocycles. The molecule has 0 fully saturated rings. The van der Waals surface area contributed by atoms with E-state index in [0.29, 0.717) is 0 Å². The minimum Gasteiger partial charge on any atom is -0.229 e. The lowest BCUT2D eigenvalue weighted by molar-refractivity contribution is 0.601. The van der Waals surface area contributed by atoms with E-state index >= 15 is 0 Å². The van der Waals surface area contributed by atoms with Gasteiger partial charge >= 0.3 is 0 Å². The fraction of sp³-hybridized carbons (Fsp3) is 0.429. The van der Waals surface area contributed by atoms with Crippen molar-refractivity contribution in [2.24, 2.45) is 0 Å². The first-order valence-corrected chi connectivity index (χ1v) is 6.14. The van der Waals surface area contributed by atoms with Gasteiger partial charge in [-0.25, -0.2) is 8.42 Å². The average Bonchev–Trinajstić information content (AvgIpc) is 2.12. The van der Waals surface area contributed by atoms with Crippen molar-refractivity contribution in [1.29, 1.82) is 0 Å². The maximum Gasteiger partial charge on any atom is 0.152 e. The Hall–Kier alpha value is -0.350. The molecule has 0 atom stereocenters. The molecule has 0 saturated carbocycles. The molecule has 11 heavy (non-hydrogen) atoms. The van der Waals surface area contributed by atoms with Crippen molar-refractivity contribution in [1.82, 2.24) is 0 Å². The van der Waals surface area contributed by atoms with Crippen LogP contribution in [0.1, 0.15) is 10.4 Å². The molecule has 62 valence electrons. The zero-order valence-electron chi connectivity index (χ0n) is 6.49. The SMILES string of the molecule is Cc1ccsc1CS(C)(=O)=O. The molecule has 1 aromatic rings. The summed E-state index contributed by atoms with van der Waals surface area (Å²) in [7, 11) is -2.86. The lowest BCUT2D eigenvalue weighted by Crippen LogP contribution is -1.99. The third kappa shape index (κ3) is 2.63. The molecule has 0 aliphatic heterocycles. The first-order chi connectivity index (χ1) is 4.99. The summed E-state index contributed by atoms with van der Waals surface area (Å²) in [6.07, 6.45) is 1.26. The van der Waals surface area contributed by atoms with Crippen LogP contribution in [-0.2, 0) is 15.6 Å². The van der Waals surface area contributed by atoms with Crippen LogP contribution in [0.15, 0.2) is 11.4 Å². The molecule has 0 aromatic carbocycles. The lowest BCUT2D eigenvalue weighted by Gasteiger charge is -1.95. The van der Waals surface area contributed by atoms with E-state index in [0.717, 1.165) is 10.4 Å². The van der Waals surface area contributed by atoms with Gasteiger partial charge in [0.15, 0.2) is 9.84 Å². The molecule has 1 aromatic heterocycles. The summed E-state index contributed by atoms with van der Waals surface area (Å²) in [5.41, 5.74) is 1.07. The zero-order valence-corrected chi connectivity index (χ0v) is 8.13. The first kappa shape index (κ1) is 8.74. The van der Waals surface area contributed by atoms with Gasteiger partial charge in [0, 0.05) is 11.1 Å². The van der Waals surface area contributed by atoms with E-state index in [4.69, 9.17) is 0 Å². The van der Waals surface area contributed by atoms with Gasteiger partial charge in [-0.05, 0) is 23.9 Å². The Bertz CT molecular complexity index is 335. The van der Waals surface area contributed by atoms with E-state index in [2.05, 4.69) is 0 Å². The van der Waals surface area contributed by atoms with Crippen LogP contribution in [0, 0.1) is 6.92 Å². The summed E-state index contributed by atoms with van der Waals surface area (Å²) in [5.74, 6) is 0.177. The molecule has 4 heteroatoms. The van der Waals surface area contributed by atoms with Gasteiger partial charge in [-0.15, -0.1) is 11.3 Å². The monoisotopic (exact) mass is 190 g/mol. The minimum atomic E-state index is -2.86. The van der Waals surface area contributed by atoms with Crippen LogP contribution in [0.3, 0.4) is 0 Å². The Kier molecular flexibility index (Phi) is 2.34. The molecular weight excluding hydrogens is 180 g/mol. The van der Waals surface area contributed by atoms with E-state index < -0.39 is 9.84 Å². The minimum absolute atomic E-state index is 0.177. The summed E-state index contributed by atoms with van der Waals surface area (Å²) in [4.78, 5) is 0.951. The van der Waals surface area contributed by atoms with Gasteiger partial charge in [0.1, 0.15) is 0 Å². The number of aryl methyl sites for hydroxylation is 1. The van der Waals surface area contributed by atoms with Crippen molar-refractivity contribution >= 4 is 21.2 Å². The normalized spacial score (nSPS) is 11.8. The molecule has 0 unspecified atom stereocenters. The van der Waals surface area contributed by atoms with Crippen LogP contribution >= 0.6 is 11.3 Å². The van der Waals surface area contributed by atoms with E-state index in [1.807, 2.05) is 18.4 Å². The highest BCUT2D eigenvalue weighted by Crippen LogP contribution is 2.17. The van der Waals surface area contributed by atoms with Crippen LogP contribution in [0.25, 0.3) is 0 Å². The Balaban J connectivity index is 2.89. The summed E-state index contributed by atoms with van der Waals surface area (Å²) in [6, 6.07) is 1.94. The zero-order chi connectivity index (χ0) is 8.48. The van der Waals surface area contributed by atoms with Crippen molar-refractivity contribution in [3.63, 3.8) is 0 Å². The third-order valence-electron chi connectivity index (χ3n) is 1.36. The van der Waals surface area contributed by atoms with E-state index in [1.54, 1.807) is 0 Å². The summed E-state index contributed by atoms with van der Waals surface area (Å²) < 4.78 is 21.7. The molecule has 0 N–H and O–H groups in total. The molecule has 0 aliphatic carbocycles. The van der Waals surface area contributed by atoms with Crippen LogP contribution in [-0.4, -0.2) is 14.7 Å². The molecular formula is C7H10O2S2. The standard InChI is InChI=1S/C7H10O2S2/c1-6-3-4-10-7(6)5-11(2,8)9/h3-4H,5H2,1-2H3. The van der Waals surface area contributed by atoms with Gasteiger partial charge in [-0.2, -0.15) is 0 Å². The van der Waals surface area contributed by atoms with Crippen molar-refractivity contribution < 1.29 is 8.42 Å². The molecule has 0 radical (unpaired) electrons. The smallest absolute Gasteiger partial charge is 0.152 e. The summed E-state index contributed by atoms with van der Waals surface area (Å²) >= 11 is 1.50. The third-order valence-corrected chi connectivity index (χ3v) is 3.38. The van der Waals surface area contributed by atoms with Crippen LogP contribution < -0.4 is 0 Å². The topological polar surface area (TPSA) is 34.1 Å². The summed E-state index contributed by atoms with van der Waals surface area (Å²) in [6.45, 7) is 1.93. The van der Waals surface area contributed by atoms with Crippen LogP contribution in [0.5, 0.6) is 0 Å². The average molecular weight is 190 g/mol. The van der Waals surface area contributed by atoms with Crippen molar-refractivity contribution in [2.45, 2.75) is 12.7 Å². The van der Waals surface area contributed by atoms with E-state index in [-0.39, 0.29) is 5.75 Å². The predicted octanol–water partition coefficient (Wildman–Crippen LogP) is 1.60. The Morgan fingerprint density at radius 2 is 2.18 bits per heavy atom. The Morgan fingerprint density at radius 1 is 1.55 bits per heavy atom. The largest absolute Gasteiger partial charge is 0.229 e. The second kappa shape index (κ2) is 2.95. The van der Waals surface area contributed by atoms with Crippen molar-refractivity contribution in [3.05, 3.63) is 21.9 Å². The van der Waals surface area contributed by atoms with Gasteiger partial charge in [0.25, 0.3) is 0 Å². The fourth-order valence-electron chi connectivity index (χ4n) is 0.790. The summed E-state index contributed by atoms with van der Waals surface area (Å²) in [5, 5.41) is 1.91. The highest BCUT2D eigenvalue weighted by atomic mass is 32.2. The van der Waals surface area contributed by atoms with Crippen molar-refractivity contribution in [2.75, 3.05) is 6.26 Å². The molecule has 0 spiro atoms. The molecule has 0 amide bonds. The Morgan fingerprint density at radius 3 is 2.55 bits per heavy atom. The molecule has 0 aliphatic rings. The quantitative estimate of drug-likeness (QED) is 0.710. The van der Waals surface area contributed by atoms with Gasteiger partial charge in [-0.3, -0.25) is 0 Å². The van der Waals surface area contributed by atoms with Gasteiger partial charge in [-0.1, -0.05) is 0 Å². The van der Waals surface area contributed by atoms with Crippen LogP contribution in [0.2, 0.25) is 0 Å². The number of rotatable bonds is 2. The number of thiophene rings is 1. The predicted molar refractivity (Wildman–Crippen MR) is 47.6 cm³/mol. The van der Waals surface area contributed by atoms with Gasteiger partial charge in [0.05, 0.1) is 5.75 Å². The van der Waals surface area contributed by atoms with Gasteiger partial charge < -0.3 is 0 Å². The first-order valence-electron chi connectivity index (χ1n) is 3.20. The number of hydrogen-bond acceptors (Lipinski definition) is 3. The lowest BCUT2D eigenvalue weighted by atomic mass is 10.3. The maximum atomic E-state index is 10.9. The Labute approximate surface area is 70.8 Å². The van der Waals surface area contributed by atoms with E-state index in [9.17, 15) is 8.42 Å². The maximum absolute atomic E-state index is 10.9. The second-order valence-corrected chi connectivity index (χ2v) is 5.74. The number of hydrogen-bond donors (Lipinski definition) is 0. The van der Waals surface area contributed by atoms with Crippen molar-refractivity contribution in [3.8, 4) is 0 Å². The molecule has 2 nitrogen and oxygen atoms in total. The molecule has 1 heterocycles. The highest BCUT2D eigenvalue weighted by Gasteiger charge is 2.07. The highest BCUT2D eigenvalue weighted by molar-refractivity contribution is 7.90. The fourth-order valence-corrected chi connectivity index (χ4v) is 3.10.